The highest BCUT2D eigenvalue weighted by molar-refractivity contribution is 6.29. The van der Waals surface area contributed by atoms with Gasteiger partial charge in [-0.1, -0.05) is 18.2 Å². The summed E-state index contributed by atoms with van der Waals surface area (Å²) < 4.78 is 5.66. The van der Waals surface area contributed by atoms with Gasteiger partial charge in [0.1, 0.15) is 18.7 Å². The van der Waals surface area contributed by atoms with Crippen LogP contribution in [0.4, 0.5) is 5.82 Å². The first-order chi connectivity index (χ1) is 14.2. The van der Waals surface area contributed by atoms with Crippen molar-refractivity contribution < 1.29 is 14.3 Å². The summed E-state index contributed by atoms with van der Waals surface area (Å²) in [5.41, 5.74) is 0.720. The van der Waals surface area contributed by atoms with Gasteiger partial charge in [-0.25, -0.2) is 20.0 Å². The summed E-state index contributed by atoms with van der Waals surface area (Å²) in [7, 11) is 0. The Hall–Kier alpha value is -4.20. The first kappa shape index (κ1) is 18.2. The summed E-state index contributed by atoms with van der Waals surface area (Å²) in [5.74, 6) is -0.0227. The molecule has 2 amide bonds. The van der Waals surface area contributed by atoms with Crippen LogP contribution in [-0.2, 0) is 9.59 Å². The van der Waals surface area contributed by atoms with Crippen LogP contribution in [0.3, 0.4) is 0 Å². The largest absolute Gasteiger partial charge is 0.490 e. The fourth-order valence-corrected chi connectivity index (χ4v) is 2.67. The Morgan fingerprint density at radius 3 is 2.86 bits per heavy atom. The van der Waals surface area contributed by atoms with Crippen LogP contribution in [0.1, 0.15) is 0 Å². The highest BCUT2D eigenvalue weighted by Gasteiger charge is 2.05. The third kappa shape index (κ3) is 4.38. The molecule has 0 atom stereocenters. The average molecular weight is 385 g/mol. The van der Waals surface area contributed by atoms with Gasteiger partial charge in [0.2, 0.25) is 0 Å². The molecule has 0 saturated heterocycles. The number of hydrogen-bond donors (Lipinski definition) is 1. The van der Waals surface area contributed by atoms with E-state index < -0.39 is 11.8 Å². The summed E-state index contributed by atoms with van der Waals surface area (Å²) in [6, 6.07) is 12.7. The lowest BCUT2D eigenvalue weighted by atomic mass is 10.2. The summed E-state index contributed by atoms with van der Waals surface area (Å²) in [6.45, 7) is 0.162. The molecule has 8 heteroatoms. The standard InChI is InChI=1S/C21H15N5O3/c27-19-6-3-9-29-15-7-8-18-16(10-15)21(25-13-24-18)26-17-5-2-1-4-14(17)11-22-20(28)12-23-19/h1-8,10-13H,9H2,(H,22,28)/b6-3-,14-11+,23-12-,26-17+. The van der Waals surface area contributed by atoms with Crippen LogP contribution in [-0.4, -0.2) is 34.6 Å². The molecule has 1 aromatic heterocycles. The van der Waals surface area contributed by atoms with Gasteiger partial charge in [-0.2, -0.15) is 0 Å². The average Bonchev–Trinajstić information content (AvgIpc) is 2.74. The number of carbonyl (C=O) groups is 2. The molecule has 142 valence electrons. The number of ether oxygens (including phenoxy) is 1. The Morgan fingerprint density at radius 1 is 1.03 bits per heavy atom. The Labute approximate surface area is 165 Å². The maximum absolute atomic E-state index is 11.9. The van der Waals surface area contributed by atoms with Crippen LogP contribution >= 0.6 is 0 Å². The number of aromatic nitrogens is 2. The number of nitrogens with zero attached hydrogens (tertiary/aromatic N) is 4. The maximum atomic E-state index is 11.9. The predicted molar refractivity (Wildman–Crippen MR) is 107 cm³/mol. The summed E-state index contributed by atoms with van der Waals surface area (Å²) in [4.78, 5) is 40.4. The van der Waals surface area contributed by atoms with E-state index in [4.69, 9.17) is 4.74 Å². The monoisotopic (exact) mass is 385 g/mol. The van der Waals surface area contributed by atoms with Crippen molar-refractivity contribution in [2.75, 3.05) is 6.61 Å². The van der Waals surface area contributed by atoms with E-state index in [1.54, 1.807) is 18.2 Å². The van der Waals surface area contributed by atoms with Crippen molar-refractivity contribution in [2.24, 2.45) is 9.98 Å². The zero-order valence-corrected chi connectivity index (χ0v) is 15.1. The molecule has 0 radical (unpaired) electrons. The lowest BCUT2D eigenvalue weighted by Gasteiger charge is -2.06. The first-order valence-corrected chi connectivity index (χ1v) is 8.76. The molecular formula is C21H15N5O3. The molecule has 0 aliphatic carbocycles. The smallest absolute Gasteiger partial charge is 0.269 e. The molecule has 0 fully saturated rings. The van der Waals surface area contributed by atoms with Crippen LogP contribution in [0.25, 0.3) is 17.1 Å². The normalized spacial score (nSPS) is 18.9. The number of rotatable bonds is 0. The van der Waals surface area contributed by atoms with Gasteiger partial charge in [-0.05, 0) is 30.3 Å². The van der Waals surface area contributed by atoms with Gasteiger partial charge in [0.05, 0.1) is 17.1 Å². The quantitative estimate of drug-likeness (QED) is 0.621. The molecular weight excluding hydrogens is 370 g/mol. The molecule has 2 aromatic carbocycles. The van der Waals surface area contributed by atoms with Gasteiger partial charge in [-0.3, -0.25) is 9.59 Å². The molecule has 4 rings (SSSR count). The second-order valence-corrected chi connectivity index (χ2v) is 6.01. The minimum absolute atomic E-state index is 0.162. The molecule has 2 bridgehead atoms. The topological polar surface area (TPSA) is 106 Å². The number of amides is 2. The molecule has 1 aliphatic heterocycles. The van der Waals surface area contributed by atoms with Crippen molar-refractivity contribution in [2.45, 2.75) is 0 Å². The van der Waals surface area contributed by atoms with Crippen molar-refractivity contribution in [1.29, 1.82) is 0 Å². The number of benzene rings is 2. The van der Waals surface area contributed by atoms with E-state index in [0.29, 0.717) is 22.1 Å². The zero-order chi connectivity index (χ0) is 20.1. The number of para-hydroxylation sites is 1. The molecule has 0 unspecified atom stereocenters. The minimum Gasteiger partial charge on any atom is -0.490 e. The Bertz CT molecular complexity index is 1280. The maximum Gasteiger partial charge on any atom is 0.269 e. The summed E-state index contributed by atoms with van der Waals surface area (Å²) in [6.07, 6.45) is 6.64. The van der Waals surface area contributed by atoms with Crippen molar-refractivity contribution >= 4 is 40.9 Å². The Morgan fingerprint density at radius 2 is 1.93 bits per heavy atom. The Balaban J connectivity index is 1.90. The SMILES string of the molecule is O=C1/C=C\COc2ccc3ncnc(c3c2)/N=c2\cccc\c2=C/NC(=O)/C=N\1. The summed E-state index contributed by atoms with van der Waals surface area (Å²) >= 11 is 0. The van der Waals surface area contributed by atoms with Crippen molar-refractivity contribution in [3.63, 3.8) is 0 Å². The van der Waals surface area contributed by atoms with Crippen LogP contribution < -0.4 is 20.6 Å². The van der Waals surface area contributed by atoms with E-state index >= 15 is 0 Å². The highest BCUT2D eigenvalue weighted by Crippen LogP contribution is 2.25. The second kappa shape index (κ2) is 8.22. The fourth-order valence-electron chi connectivity index (χ4n) is 2.67. The van der Waals surface area contributed by atoms with Crippen molar-refractivity contribution in [3.05, 3.63) is 71.5 Å². The number of carbonyl (C=O) groups excluding carboxylic acids is 2. The van der Waals surface area contributed by atoms with Crippen molar-refractivity contribution in [1.82, 2.24) is 15.3 Å². The van der Waals surface area contributed by atoms with Gasteiger partial charge in [0.25, 0.3) is 11.8 Å². The minimum atomic E-state index is -0.558. The van der Waals surface area contributed by atoms with Crippen LogP contribution in [0, 0.1) is 0 Å². The van der Waals surface area contributed by atoms with Gasteiger partial charge in [0, 0.05) is 22.9 Å². The Kier molecular flexibility index (Phi) is 5.15. The van der Waals surface area contributed by atoms with Gasteiger partial charge in [-0.15, -0.1) is 0 Å². The second-order valence-electron chi connectivity index (χ2n) is 6.01. The fraction of sp³-hybridized carbons (Fsp3) is 0.0476. The van der Waals surface area contributed by atoms with E-state index in [1.165, 1.54) is 24.7 Å². The number of aliphatic imine (C=N–C) groups is 1. The van der Waals surface area contributed by atoms with E-state index in [1.807, 2.05) is 24.3 Å². The van der Waals surface area contributed by atoms with Gasteiger partial charge >= 0.3 is 0 Å². The predicted octanol–water partition coefficient (Wildman–Crippen LogP) is 0.981. The van der Waals surface area contributed by atoms with Crippen molar-refractivity contribution in [3.8, 4) is 5.75 Å². The zero-order valence-electron chi connectivity index (χ0n) is 15.1. The van der Waals surface area contributed by atoms with E-state index in [-0.39, 0.29) is 6.61 Å². The highest BCUT2D eigenvalue weighted by atomic mass is 16.5. The van der Waals surface area contributed by atoms with Gasteiger partial charge < -0.3 is 10.1 Å². The van der Waals surface area contributed by atoms with Crippen LogP contribution in [0.5, 0.6) is 5.75 Å². The lowest BCUT2D eigenvalue weighted by molar-refractivity contribution is -0.115. The molecule has 8 nitrogen and oxygen atoms in total. The van der Waals surface area contributed by atoms with Crippen LogP contribution in [0.15, 0.2) is 70.9 Å². The molecule has 1 aliphatic rings. The van der Waals surface area contributed by atoms with E-state index in [2.05, 4.69) is 25.3 Å². The van der Waals surface area contributed by atoms with Crippen LogP contribution in [0.2, 0.25) is 0 Å². The number of hydrogen-bond acceptors (Lipinski definition) is 6. The molecule has 1 N–H and O–H groups in total. The number of fused-ring (bicyclic) bond motifs is 2. The molecule has 0 saturated carbocycles. The molecule has 0 spiro atoms. The van der Waals surface area contributed by atoms with Gasteiger partial charge in [0.15, 0.2) is 5.82 Å². The molecule has 3 aromatic rings. The lowest BCUT2D eigenvalue weighted by Crippen LogP contribution is -2.29. The number of nitrogens with one attached hydrogen (secondary N) is 1. The van der Waals surface area contributed by atoms with E-state index in [0.717, 1.165) is 17.1 Å². The summed E-state index contributed by atoms with van der Waals surface area (Å²) in [5, 5.41) is 4.58. The first-order valence-electron chi connectivity index (χ1n) is 8.76. The van der Waals surface area contributed by atoms with E-state index in [9.17, 15) is 9.59 Å². The third-order valence-corrected chi connectivity index (χ3v) is 4.03. The molecule has 2 heterocycles. The molecule has 29 heavy (non-hydrogen) atoms. The third-order valence-electron chi connectivity index (χ3n) is 4.03.